The topological polar surface area (TPSA) is 236 Å². The molecule has 2 aromatic carbocycles. The number of hydrogen-bond donors (Lipinski definition) is 8. The third-order valence-electron chi connectivity index (χ3n) is 12.9. The molecule has 2 bridgehead atoms. The molecule has 4 aliphatic rings. The maximum atomic E-state index is 13.7. The van der Waals surface area contributed by atoms with Crippen molar-refractivity contribution in [3.05, 3.63) is 59.7 Å². The smallest absolute Gasteiger partial charge is 0.404 e. The Kier molecular flexibility index (Phi) is 15.5. The van der Waals surface area contributed by atoms with E-state index in [-0.39, 0.29) is 47.6 Å². The Bertz CT molecular complexity index is 1940. The molecule has 1 unspecified atom stereocenters. The van der Waals surface area contributed by atoms with Crippen LogP contribution in [-0.4, -0.2) is 103 Å². The van der Waals surface area contributed by atoms with Gasteiger partial charge in [0.05, 0.1) is 29.3 Å². The van der Waals surface area contributed by atoms with Crippen molar-refractivity contribution >= 4 is 36.7 Å². The highest BCUT2D eigenvalue weighted by Gasteiger charge is 2.68. The molecule has 10 atom stereocenters. The summed E-state index contributed by atoms with van der Waals surface area (Å²) in [5, 5.41) is 23.6. The van der Waals surface area contributed by atoms with Crippen molar-refractivity contribution in [1.29, 1.82) is 0 Å². The fourth-order valence-corrected chi connectivity index (χ4v) is 9.05. The highest BCUT2D eigenvalue weighted by molar-refractivity contribution is 6.47. The van der Waals surface area contributed by atoms with Crippen molar-refractivity contribution < 1.29 is 51.6 Å². The van der Waals surface area contributed by atoms with Crippen molar-refractivity contribution in [1.82, 2.24) is 26.6 Å². The molecule has 19 heteroatoms. The van der Waals surface area contributed by atoms with Crippen LogP contribution in [0.1, 0.15) is 96.0 Å². The first-order valence-corrected chi connectivity index (χ1v) is 21.3. The van der Waals surface area contributed by atoms with Gasteiger partial charge < -0.3 is 52.5 Å². The molecule has 4 fully saturated rings. The summed E-state index contributed by atoms with van der Waals surface area (Å²) in [6, 6.07) is 5.26. The lowest BCUT2D eigenvalue weighted by atomic mass is 9.43. The van der Waals surface area contributed by atoms with Gasteiger partial charge in [-0.05, 0) is 126 Å². The molecule has 0 spiro atoms. The van der Waals surface area contributed by atoms with Crippen LogP contribution in [0.25, 0.3) is 11.1 Å². The average Bonchev–Trinajstić information content (AvgIpc) is 3.59. The van der Waals surface area contributed by atoms with E-state index in [0.29, 0.717) is 31.2 Å². The molecule has 6 rings (SSSR count). The zero-order valence-electron chi connectivity index (χ0n) is 36.1. The Balaban J connectivity index is 1.17. The lowest BCUT2D eigenvalue weighted by Gasteiger charge is -2.64. The third-order valence-corrected chi connectivity index (χ3v) is 12.9. The van der Waals surface area contributed by atoms with Crippen LogP contribution in [0.3, 0.4) is 0 Å². The fourth-order valence-electron chi connectivity index (χ4n) is 9.05. The Morgan fingerprint density at radius 1 is 0.806 bits per heavy atom. The Hall–Kier alpha value is -4.56. The van der Waals surface area contributed by atoms with Gasteiger partial charge in [0.25, 0.3) is 5.91 Å². The number of rotatable bonds is 19. The molecule has 15 nitrogen and oxygen atoms in total. The second kappa shape index (κ2) is 19.9. The van der Waals surface area contributed by atoms with E-state index in [2.05, 4.69) is 47.4 Å². The molecule has 2 aromatic rings. The van der Waals surface area contributed by atoms with Crippen LogP contribution in [0.4, 0.5) is 13.2 Å². The van der Waals surface area contributed by atoms with E-state index in [4.69, 9.17) is 20.8 Å². The van der Waals surface area contributed by atoms with Crippen LogP contribution in [-0.2, 0) is 34.7 Å². The van der Waals surface area contributed by atoms with Crippen molar-refractivity contribution in [2.75, 3.05) is 13.1 Å². The summed E-state index contributed by atoms with van der Waals surface area (Å²) in [6.45, 7) is 11.3. The van der Waals surface area contributed by atoms with Gasteiger partial charge in [-0.1, -0.05) is 44.2 Å². The van der Waals surface area contributed by atoms with Crippen LogP contribution in [0.5, 0.6) is 0 Å². The molecule has 0 aromatic heterocycles. The number of carbonyl (C=O) groups excluding carboxylic acids is 5. The highest BCUT2D eigenvalue weighted by atomic mass is 19.4. The van der Waals surface area contributed by atoms with E-state index < -0.39 is 90.2 Å². The molecule has 5 amide bonds. The van der Waals surface area contributed by atoms with E-state index in [1.54, 1.807) is 6.92 Å². The third kappa shape index (κ3) is 10.8. The molecule has 1 heterocycles. The number of alkyl halides is 3. The molecule has 1 saturated heterocycles. The van der Waals surface area contributed by atoms with Gasteiger partial charge in [-0.15, -0.1) is 0 Å². The van der Waals surface area contributed by atoms with Gasteiger partial charge in [-0.25, -0.2) is 0 Å². The van der Waals surface area contributed by atoms with E-state index >= 15 is 0 Å². The standard InChI is InChI=1S/C43H61BF3N7O8/c1-23(36(56)52-31(13-9-10-19-48)38(58)51-25(3)44-61-34-22-28-21-33(41(28,4)5)42(34,6)62-44)50-40(60)35(24(2)55)54-39(59)32(18-20-49)53-37(57)27-16-14-26(15-17-27)29-11-7-8-12-30(29)43(45,46)47/h7-8,11-12,14-17,23-25,28,31-35,55H,9-10,13,18-22,48-49H2,1-6H3,(H,50,60)(H,51,58)(H,52,56)(H,53,57)(H,54,59)/t23-,24+,25-,28-,31-,32-,33-,34?,35-,42-/m0/s1. The number of benzene rings is 2. The lowest BCUT2D eigenvalue weighted by molar-refractivity contribution is -0.199. The average molecular weight is 872 g/mol. The number of amides is 5. The van der Waals surface area contributed by atoms with E-state index in [0.717, 1.165) is 18.9 Å². The SMILES string of the molecule is C[C@H](NC(=O)[C@H](CCCCN)NC(=O)[C@H](C)NC(=O)[C@@H](NC(=O)[C@H](CCN)NC(=O)c1ccc(-c2ccccc2C(F)(F)F)cc1)[C@@H](C)O)B1OC2C[C@@H]3C[C@@H](C3(C)C)[C@]2(C)O1. The van der Waals surface area contributed by atoms with E-state index in [9.17, 15) is 42.3 Å². The number of nitrogens with two attached hydrogens (primary N) is 2. The van der Waals surface area contributed by atoms with E-state index in [1.807, 2.05) is 0 Å². The molecule has 0 radical (unpaired) electrons. The summed E-state index contributed by atoms with van der Waals surface area (Å²) in [7, 11) is -0.682. The first-order valence-electron chi connectivity index (χ1n) is 21.3. The van der Waals surface area contributed by atoms with Crippen molar-refractivity contribution in [3.8, 4) is 11.1 Å². The molecular weight excluding hydrogens is 810 g/mol. The quantitative estimate of drug-likeness (QED) is 0.0759. The van der Waals surface area contributed by atoms with Crippen LogP contribution >= 0.6 is 0 Å². The number of hydrogen-bond acceptors (Lipinski definition) is 10. The fraction of sp³-hybridized carbons (Fsp3) is 0.605. The van der Waals surface area contributed by atoms with Gasteiger partial charge in [0.2, 0.25) is 23.6 Å². The number of halogens is 3. The Morgan fingerprint density at radius 2 is 1.45 bits per heavy atom. The summed E-state index contributed by atoms with van der Waals surface area (Å²) in [4.78, 5) is 67.2. The van der Waals surface area contributed by atoms with Crippen LogP contribution < -0.4 is 38.1 Å². The lowest BCUT2D eigenvalue weighted by Crippen LogP contribution is -2.65. The number of aliphatic hydroxyl groups excluding tert-OH is 1. The molecular formula is C43H61BF3N7O8. The summed E-state index contributed by atoms with van der Waals surface area (Å²) in [6.07, 6.45) is -2.88. The minimum absolute atomic E-state index is 0.0369. The number of carbonyl (C=O) groups is 5. The van der Waals surface area contributed by atoms with Crippen molar-refractivity contribution in [2.45, 2.75) is 134 Å². The van der Waals surface area contributed by atoms with E-state index in [1.165, 1.54) is 56.3 Å². The Morgan fingerprint density at radius 3 is 2.06 bits per heavy atom. The van der Waals surface area contributed by atoms with Crippen LogP contribution in [0, 0.1) is 17.3 Å². The van der Waals surface area contributed by atoms with Crippen LogP contribution in [0.2, 0.25) is 0 Å². The minimum Gasteiger partial charge on any atom is -0.404 e. The zero-order chi connectivity index (χ0) is 45.7. The van der Waals surface area contributed by atoms with Crippen molar-refractivity contribution in [2.24, 2.45) is 28.7 Å². The Labute approximate surface area is 360 Å². The number of unbranched alkanes of at least 4 members (excludes halogenated alkanes) is 1. The molecule has 340 valence electrons. The first-order chi connectivity index (χ1) is 29.1. The first kappa shape index (κ1) is 48.5. The van der Waals surface area contributed by atoms with Gasteiger partial charge in [0, 0.05) is 5.56 Å². The van der Waals surface area contributed by atoms with Gasteiger partial charge in [-0.2, -0.15) is 13.2 Å². The number of nitrogens with one attached hydrogen (secondary N) is 5. The predicted octanol–water partition coefficient (Wildman–Crippen LogP) is 2.58. The maximum Gasteiger partial charge on any atom is 0.481 e. The van der Waals surface area contributed by atoms with Gasteiger partial charge >= 0.3 is 13.3 Å². The van der Waals surface area contributed by atoms with Gasteiger partial charge in [0.15, 0.2) is 0 Å². The summed E-state index contributed by atoms with van der Waals surface area (Å²) < 4.78 is 53.6. The number of aliphatic hydroxyl groups is 1. The monoisotopic (exact) mass is 871 g/mol. The molecule has 1 aliphatic heterocycles. The summed E-state index contributed by atoms with van der Waals surface area (Å²) in [5.41, 5.74) is 10.4. The largest absolute Gasteiger partial charge is 0.481 e. The molecule has 10 N–H and O–H groups in total. The molecule has 3 saturated carbocycles. The van der Waals surface area contributed by atoms with Gasteiger partial charge in [0.1, 0.15) is 24.2 Å². The zero-order valence-corrected chi connectivity index (χ0v) is 36.1. The highest BCUT2D eigenvalue weighted by Crippen LogP contribution is 2.65. The van der Waals surface area contributed by atoms with Crippen LogP contribution in [0.15, 0.2) is 48.5 Å². The second-order valence-electron chi connectivity index (χ2n) is 17.7. The predicted molar refractivity (Wildman–Crippen MR) is 226 cm³/mol. The molecule has 62 heavy (non-hydrogen) atoms. The maximum absolute atomic E-state index is 13.7. The van der Waals surface area contributed by atoms with Crippen molar-refractivity contribution in [3.63, 3.8) is 0 Å². The van der Waals surface area contributed by atoms with Gasteiger partial charge in [-0.3, -0.25) is 24.0 Å². The minimum atomic E-state index is -4.59. The second-order valence-corrected chi connectivity index (χ2v) is 17.7. The normalized spacial score (nSPS) is 24.2. The molecule has 3 aliphatic carbocycles. The summed E-state index contributed by atoms with van der Waals surface area (Å²) >= 11 is 0. The summed E-state index contributed by atoms with van der Waals surface area (Å²) in [5.74, 6) is -3.36.